The molecule has 2 N–H and O–H groups in total. The Hall–Kier alpha value is -0.970. The maximum absolute atomic E-state index is 12.6. The SMILES string of the molecule is Nc1cc(C(F)(F)F)c(Cl)cc1[18F]. The van der Waals surface area contributed by atoms with E-state index in [0.717, 1.165) is 0 Å². The number of nitrogens with two attached hydrogens (primary N) is 1. The molecule has 13 heavy (non-hydrogen) atoms. The van der Waals surface area contributed by atoms with Crippen LogP contribution in [0.25, 0.3) is 0 Å². The zero-order chi connectivity index (χ0) is 10.2. The summed E-state index contributed by atoms with van der Waals surface area (Å²) in [5.41, 5.74) is 3.25. The van der Waals surface area contributed by atoms with Crippen LogP contribution in [0.3, 0.4) is 0 Å². The van der Waals surface area contributed by atoms with Crippen molar-refractivity contribution >= 4 is 17.3 Å². The Labute approximate surface area is 76.1 Å². The fraction of sp³-hybridized carbons (Fsp3) is 0.143. The molecule has 0 aliphatic carbocycles. The maximum atomic E-state index is 12.6. The third-order valence-electron chi connectivity index (χ3n) is 1.39. The van der Waals surface area contributed by atoms with Crippen LogP contribution in [0.15, 0.2) is 12.1 Å². The molecule has 0 bridgehead atoms. The molecule has 0 unspecified atom stereocenters. The molecule has 6 heteroatoms. The van der Waals surface area contributed by atoms with E-state index in [9.17, 15) is 17.6 Å². The highest BCUT2D eigenvalue weighted by Crippen LogP contribution is 2.36. The van der Waals surface area contributed by atoms with Crippen LogP contribution < -0.4 is 5.73 Å². The molecule has 0 amide bonds. The standard InChI is InChI=1S/C7H4ClF4N/c8-4-2-5(9)6(13)1-3(4)7(10,11)12/h1-2H,13H2/i9-1. The van der Waals surface area contributed by atoms with Gasteiger partial charge < -0.3 is 5.73 Å². The molecule has 0 spiro atoms. The second-order valence-corrected chi connectivity index (χ2v) is 2.76. The first-order chi connectivity index (χ1) is 5.82. The predicted molar refractivity (Wildman–Crippen MR) is 40.8 cm³/mol. The molecule has 0 heterocycles. The second kappa shape index (κ2) is 3.06. The summed E-state index contributed by atoms with van der Waals surface area (Å²) in [5, 5.41) is -0.695. The summed E-state index contributed by atoms with van der Waals surface area (Å²) in [5.74, 6) is -0.960. The number of alkyl halides is 3. The van der Waals surface area contributed by atoms with Gasteiger partial charge in [0.05, 0.1) is 16.3 Å². The van der Waals surface area contributed by atoms with Crippen LogP contribution >= 0.6 is 11.6 Å². The summed E-state index contributed by atoms with van der Waals surface area (Å²) in [6, 6.07) is 1.01. The van der Waals surface area contributed by atoms with Gasteiger partial charge in [-0.15, -0.1) is 0 Å². The lowest BCUT2D eigenvalue weighted by Gasteiger charge is -2.09. The highest BCUT2D eigenvalue weighted by molar-refractivity contribution is 6.31. The van der Waals surface area contributed by atoms with Crippen molar-refractivity contribution in [2.24, 2.45) is 0 Å². The number of halogens is 5. The van der Waals surface area contributed by atoms with Gasteiger partial charge in [0.15, 0.2) is 0 Å². The fourth-order valence-corrected chi connectivity index (χ4v) is 1.04. The summed E-state index contributed by atoms with van der Waals surface area (Å²) in [6.07, 6.45) is -4.61. The summed E-state index contributed by atoms with van der Waals surface area (Å²) < 4.78 is 48.9. The molecule has 72 valence electrons. The lowest BCUT2D eigenvalue weighted by molar-refractivity contribution is -0.137. The first-order valence-corrected chi connectivity index (χ1v) is 3.52. The van der Waals surface area contributed by atoms with Crippen molar-refractivity contribution in [1.82, 2.24) is 0 Å². The van der Waals surface area contributed by atoms with Crippen LogP contribution in [0.5, 0.6) is 0 Å². The fourth-order valence-electron chi connectivity index (χ4n) is 0.783. The normalized spacial score (nSPS) is 11.8. The minimum atomic E-state index is -4.61. The molecule has 0 aromatic heterocycles. The first kappa shape index (κ1) is 10.1. The van der Waals surface area contributed by atoms with Gasteiger partial charge in [0.1, 0.15) is 5.82 Å². The minimum Gasteiger partial charge on any atom is -0.396 e. The van der Waals surface area contributed by atoms with E-state index in [4.69, 9.17) is 17.3 Å². The second-order valence-electron chi connectivity index (χ2n) is 2.35. The molecular weight excluding hydrogens is 209 g/mol. The molecule has 0 atom stereocenters. The Morgan fingerprint density at radius 2 is 1.77 bits per heavy atom. The summed E-state index contributed by atoms with van der Waals surface area (Å²) in [4.78, 5) is 0. The van der Waals surface area contributed by atoms with Gasteiger partial charge in [-0.2, -0.15) is 13.2 Å². The molecular formula is C7H4ClF4N. The minimum absolute atomic E-state index is 0.470. The van der Waals surface area contributed by atoms with Crippen molar-refractivity contribution in [3.8, 4) is 0 Å². The first-order valence-electron chi connectivity index (χ1n) is 3.14. The van der Waals surface area contributed by atoms with Crippen LogP contribution in [-0.4, -0.2) is 0 Å². The highest BCUT2D eigenvalue weighted by Gasteiger charge is 2.33. The average molecular weight is 213 g/mol. The van der Waals surface area contributed by atoms with Gasteiger partial charge in [0.2, 0.25) is 0 Å². The Bertz CT molecular complexity index is 334. The molecule has 0 fully saturated rings. The predicted octanol–water partition coefficient (Wildman–Crippen LogP) is 3.08. The summed E-state index contributed by atoms with van der Waals surface area (Å²) >= 11 is 5.17. The molecule has 0 aliphatic rings. The number of anilines is 1. The lowest BCUT2D eigenvalue weighted by atomic mass is 10.2. The van der Waals surface area contributed by atoms with Crippen molar-refractivity contribution in [3.63, 3.8) is 0 Å². The van der Waals surface area contributed by atoms with Crippen LogP contribution in [0.4, 0.5) is 23.2 Å². The van der Waals surface area contributed by atoms with E-state index in [0.29, 0.717) is 12.1 Å². The van der Waals surface area contributed by atoms with Crippen molar-refractivity contribution in [2.45, 2.75) is 6.18 Å². The van der Waals surface area contributed by atoms with E-state index < -0.39 is 28.3 Å². The van der Waals surface area contributed by atoms with E-state index in [1.807, 2.05) is 0 Å². The monoisotopic (exact) mass is 212 g/mol. The van der Waals surface area contributed by atoms with Crippen molar-refractivity contribution in [3.05, 3.63) is 28.5 Å². The number of rotatable bonds is 0. The van der Waals surface area contributed by atoms with Crippen molar-refractivity contribution in [2.75, 3.05) is 5.73 Å². The lowest BCUT2D eigenvalue weighted by Crippen LogP contribution is -2.07. The van der Waals surface area contributed by atoms with Gasteiger partial charge in [-0.25, -0.2) is 4.39 Å². The Morgan fingerprint density at radius 3 is 2.23 bits per heavy atom. The highest BCUT2D eigenvalue weighted by atomic mass is 35.5. The molecule has 1 aromatic carbocycles. The Kier molecular flexibility index (Phi) is 2.38. The van der Waals surface area contributed by atoms with E-state index in [2.05, 4.69) is 0 Å². The number of hydrogen-bond acceptors (Lipinski definition) is 1. The van der Waals surface area contributed by atoms with Crippen LogP contribution in [0.2, 0.25) is 5.02 Å². The van der Waals surface area contributed by atoms with Gasteiger partial charge in [-0.3, -0.25) is 0 Å². The largest absolute Gasteiger partial charge is 0.417 e. The van der Waals surface area contributed by atoms with Crippen LogP contribution in [0, 0.1) is 5.82 Å². The number of benzene rings is 1. The van der Waals surface area contributed by atoms with Crippen LogP contribution in [-0.2, 0) is 6.18 Å². The molecule has 0 aliphatic heterocycles. The van der Waals surface area contributed by atoms with E-state index in [1.165, 1.54) is 0 Å². The van der Waals surface area contributed by atoms with Gasteiger partial charge in [-0.05, 0) is 12.1 Å². The third-order valence-corrected chi connectivity index (χ3v) is 1.70. The Balaban J connectivity index is 3.32. The molecule has 1 rings (SSSR count). The number of hydrogen-bond donors (Lipinski definition) is 1. The van der Waals surface area contributed by atoms with E-state index in [-0.39, 0.29) is 0 Å². The van der Waals surface area contributed by atoms with E-state index in [1.54, 1.807) is 0 Å². The quantitative estimate of drug-likeness (QED) is 0.519. The smallest absolute Gasteiger partial charge is 0.396 e. The summed E-state index contributed by atoms with van der Waals surface area (Å²) in [7, 11) is 0. The topological polar surface area (TPSA) is 26.0 Å². The Morgan fingerprint density at radius 1 is 1.23 bits per heavy atom. The molecule has 1 aromatic rings. The van der Waals surface area contributed by atoms with Crippen molar-refractivity contribution < 1.29 is 17.6 Å². The van der Waals surface area contributed by atoms with Gasteiger partial charge >= 0.3 is 6.18 Å². The third kappa shape index (κ3) is 2.03. The maximum Gasteiger partial charge on any atom is 0.417 e. The van der Waals surface area contributed by atoms with E-state index >= 15 is 0 Å². The molecule has 0 saturated carbocycles. The zero-order valence-electron chi connectivity index (χ0n) is 6.12. The van der Waals surface area contributed by atoms with Gasteiger partial charge in [-0.1, -0.05) is 11.6 Å². The number of nitrogen functional groups attached to an aromatic ring is 1. The summed E-state index contributed by atoms with van der Waals surface area (Å²) in [6.45, 7) is 0. The molecule has 1 nitrogen and oxygen atoms in total. The zero-order valence-corrected chi connectivity index (χ0v) is 6.88. The van der Waals surface area contributed by atoms with Gasteiger partial charge in [0.25, 0.3) is 0 Å². The molecule has 0 radical (unpaired) electrons. The average Bonchev–Trinajstić information content (AvgIpc) is 1.94. The van der Waals surface area contributed by atoms with Crippen LogP contribution in [0.1, 0.15) is 5.56 Å². The molecule has 0 saturated heterocycles. The van der Waals surface area contributed by atoms with Gasteiger partial charge in [0, 0.05) is 0 Å². The van der Waals surface area contributed by atoms with Crippen molar-refractivity contribution in [1.29, 1.82) is 0 Å².